The number of amides is 1. The Balaban J connectivity index is 3.62. The van der Waals surface area contributed by atoms with Crippen LogP contribution in [0.2, 0.25) is 0 Å². The minimum absolute atomic E-state index is 0.364. The topological polar surface area (TPSA) is 110 Å². The summed E-state index contributed by atoms with van der Waals surface area (Å²) in [5.74, 6) is -0.593. The van der Waals surface area contributed by atoms with Crippen molar-refractivity contribution in [3.05, 3.63) is 24.3 Å². The molecule has 0 aromatic carbocycles. The highest BCUT2D eigenvalue weighted by molar-refractivity contribution is 5.80. The lowest BCUT2D eigenvalue weighted by Crippen LogP contribution is -2.53. The minimum atomic E-state index is -1.28. The van der Waals surface area contributed by atoms with Gasteiger partial charge in [0.1, 0.15) is 12.2 Å². The van der Waals surface area contributed by atoms with Crippen molar-refractivity contribution in [1.82, 2.24) is 5.32 Å². The fourth-order valence-corrected chi connectivity index (χ4v) is 7.69. The number of allylic oxidation sites excluding steroid dienone is 4. The molecule has 0 saturated carbocycles. The smallest absolute Gasteiger partial charge is 0.249 e. The molecule has 1 amide bonds. The number of aliphatic hydroxyl groups is 4. The molecule has 0 fully saturated rings. The highest BCUT2D eigenvalue weighted by atomic mass is 16.3. The molecule has 56 heavy (non-hydrogen) atoms. The molecular weight excluding hydrogens is 695 g/mol. The van der Waals surface area contributed by atoms with Crippen LogP contribution in [0.25, 0.3) is 0 Å². The lowest BCUT2D eigenvalue weighted by Gasteiger charge is -2.27. The molecule has 4 unspecified atom stereocenters. The second-order valence-electron chi connectivity index (χ2n) is 17.2. The second-order valence-corrected chi connectivity index (χ2v) is 17.2. The molecule has 4 atom stereocenters. The average Bonchev–Trinajstić information content (AvgIpc) is 3.20. The number of aliphatic hydroxyl groups excluding tert-OH is 4. The zero-order chi connectivity index (χ0) is 41.0. The Morgan fingerprint density at radius 2 is 0.732 bits per heavy atom. The Kier molecular flexibility index (Phi) is 43.9. The van der Waals surface area contributed by atoms with Crippen molar-refractivity contribution in [3.63, 3.8) is 0 Å². The van der Waals surface area contributed by atoms with E-state index >= 15 is 0 Å². The van der Waals surface area contributed by atoms with Crippen molar-refractivity contribution in [2.24, 2.45) is 0 Å². The van der Waals surface area contributed by atoms with E-state index in [9.17, 15) is 25.2 Å². The highest BCUT2D eigenvalue weighted by Gasteiger charge is 2.28. The fraction of sp³-hybridized carbons (Fsp3) is 0.900. The summed E-state index contributed by atoms with van der Waals surface area (Å²) in [6.07, 6.45) is 52.4. The van der Waals surface area contributed by atoms with E-state index in [1.54, 1.807) is 0 Å². The van der Waals surface area contributed by atoms with Gasteiger partial charge in [0.05, 0.1) is 18.8 Å². The van der Waals surface area contributed by atoms with E-state index in [0.29, 0.717) is 12.8 Å². The van der Waals surface area contributed by atoms with Crippen LogP contribution in [0, 0.1) is 0 Å². The zero-order valence-electron chi connectivity index (χ0n) is 37.4. The Labute approximate surface area is 348 Å². The van der Waals surface area contributed by atoms with Crippen LogP contribution in [-0.2, 0) is 4.79 Å². The number of unbranched alkanes of at least 4 members (excludes halogenated alkanes) is 32. The van der Waals surface area contributed by atoms with Gasteiger partial charge in [0.25, 0.3) is 0 Å². The van der Waals surface area contributed by atoms with Gasteiger partial charge in [-0.2, -0.15) is 0 Å². The van der Waals surface area contributed by atoms with E-state index in [-0.39, 0.29) is 0 Å². The predicted molar refractivity (Wildman–Crippen MR) is 242 cm³/mol. The minimum Gasteiger partial charge on any atom is -0.394 e. The highest BCUT2D eigenvalue weighted by Crippen LogP contribution is 2.16. The fourth-order valence-electron chi connectivity index (χ4n) is 7.69. The van der Waals surface area contributed by atoms with Gasteiger partial charge in [-0.05, 0) is 64.2 Å². The summed E-state index contributed by atoms with van der Waals surface area (Å²) in [4.78, 5) is 12.5. The number of hydrogen-bond acceptors (Lipinski definition) is 5. The molecule has 0 heterocycles. The first kappa shape index (κ1) is 54.8. The van der Waals surface area contributed by atoms with Gasteiger partial charge in [-0.15, -0.1) is 0 Å². The predicted octanol–water partition coefficient (Wildman–Crippen LogP) is 13.5. The molecule has 0 aromatic heterocycles. The summed E-state index contributed by atoms with van der Waals surface area (Å²) in [5.41, 5.74) is 0. The van der Waals surface area contributed by atoms with Gasteiger partial charge >= 0.3 is 0 Å². The Morgan fingerprint density at radius 1 is 0.429 bits per heavy atom. The van der Waals surface area contributed by atoms with Crippen LogP contribution < -0.4 is 5.32 Å². The van der Waals surface area contributed by atoms with Crippen LogP contribution in [0.1, 0.15) is 258 Å². The van der Waals surface area contributed by atoms with Crippen LogP contribution in [0.3, 0.4) is 0 Å². The van der Waals surface area contributed by atoms with Gasteiger partial charge in [0.15, 0.2) is 0 Å². The molecule has 332 valence electrons. The summed E-state index contributed by atoms with van der Waals surface area (Å²) < 4.78 is 0. The molecule has 0 aliphatic carbocycles. The number of carbonyl (C=O) groups excluding carboxylic acids is 1. The zero-order valence-corrected chi connectivity index (χ0v) is 37.4. The summed E-state index contributed by atoms with van der Waals surface area (Å²) in [5, 5.41) is 43.7. The van der Waals surface area contributed by atoms with Crippen LogP contribution in [0.5, 0.6) is 0 Å². The normalized spacial score (nSPS) is 14.2. The summed E-state index contributed by atoms with van der Waals surface area (Å²) >= 11 is 0. The van der Waals surface area contributed by atoms with Crippen LogP contribution in [0.4, 0.5) is 0 Å². The quantitative estimate of drug-likeness (QED) is 0.0312. The van der Waals surface area contributed by atoms with Crippen molar-refractivity contribution in [2.75, 3.05) is 6.61 Å². The van der Waals surface area contributed by atoms with Crippen molar-refractivity contribution in [2.45, 2.75) is 282 Å². The van der Waals surface area contributed by atoms with Gasteiger partial charge in [-0.1, -0.05) is 218 Å². The van der Waals surface area contributed by atoms with Gasteiger partial charge in [0, 0.05) is 0 Å². The molecule has 6 nitrogen and oxygen atoms in total. The Hall–Kier alpha value is -1.21. The summed E-state index contributed by atoms with van der Waals surface area (Å²) in [7, 11) is 0. The van der Waals surface area contributed by atoms with E-state index in [2.05, 4.69) is 43.5 Å². The number of rotatable bonds is 45. The van der Waals surface area contributed by atoms with Crippen LogP contribution >= 0.6 is 0 Å². The largest absolute Gasteiger partial charge is 0.394 e. The van der Waals surface area contributed by atoms with Crippen molar-refractivity contribution >= 4 is 5.91 Å². The van der Waals surface area contributed by atoms with E-state index < -0.39 is 36.9 Å². The Morgan fingerprint density at radius 3 is 1.07 bits per heavy atom. The number of carbonyl (C=O) groups is 1. The molecule has 5 N–H and O–H groups in total. The standard InChI is InChI=1S/C50H97NO5/c1-3-5-7-9-11-13-15-17-18-19-20-21-22-23-24-25-26-27-28-29-30-31-32-34-36-38-40-42-44-48(54)50(56)51-46(45-52)49(55)47(53)43-41-39-37-35-33-16-14-12-10-8-6-4-2/h23-24,35,37,46-49,52-55H,3-22,25-34,36,38-45H2,1-2H3,(H,51,56)/b24-23-,37-35+. The van der Waals surface area contributed by atoms with E-state index in [0.717, 1.165) is 38.5 Å². The van der Waals surface area contributed by atoms with Crippen molar-refractivity contribution < 1.29 is 25.2 Å². The first-order valence-corrected chi connectivity index (χ1v) is 24.7. The molecule has 0 radical (unpaired) electrons. The molecule has 0 aliphatic rings. The van der Waals surface area contributed by atoms with E-state index in [1.165, 1.54) is 193 Å². The molecule has 0 rings (SSSR count). The van der Waals surface area contributed by atoms with Gasteiger partial charge < -0.3 is 25.7 Å². The second kappa shape index (κ2) is 44.9. The third-order valence-electron chi connectivity index (χ3n) is 11.6. The first-order chi connectivity index (χ1) is 27.5. The van der Waals surface area contributed by atoms with Gasteiger partial charge in [-0.25, -0.2) is 0 Å². The van der Waals surface area contributed by atoms with Crippen molar-refractivity contribution in [3.8, 4) is 0 Å². The number of hydrogen-bond donors (Lipinski definition) is 5. The van der Waals surface area contributed by atoms with Crippen LogP contribution in [0.15, 0.2) is 24.3 Å². The van der Waals surface area contributed by atoms with Crippen LogP contribution in [-0.4, -0.2) is 57.3 Å². The maximum atomic E-state index is 12.5. The summed E-state index contributed by atoms with van der Waals surface area (Å²) in [6.45, 7) is 4.04. The van der Waals surface area contributed by atoms with Gasteiger partial charge in [-0.3, -0.25) is 4.79 Å². The van der Waals surface area contributed by atoms with E-state index in [1.807, 2.05) is 0 Å². The third-order valence-corrected chi connectivity index (χ3v) is 11.6. The maximum absolute atomic E-state index is 12.5. The van der Waals surface area contributed by atoms with E-state index in [4.69, 9.17) is 0 Å². The lowest BCUT2D eigenvalue weighted by atomic mass is 10.00. The van der Waals surface area contributed by atoms with Gasteiger partial charge in [0.2, 0.25) is 5.91 Å². The van der Waals surface area contributed by atoms with Crippen molar-refractivity contribution in [1.29, 1.82) is 0 Å². The SMILES string of the molecule is CCCCCCCCC/C=C/CCCC(O)C(O)C(CO)NC(=O)C(O)CCCCCCCCCCCCCC/C=C\CCCCCCCCCCCCCC. The monoisotopic (exact) mass is 792 g/mol. The molecule has 0 aromatic rings. The first-order valence-electron chi connectivity index (χ1n) is 24.7. The molecular formula is C50H97NO5. The average molecular weight is 792 g/mol. The molecule has 0 spiro atoms. The lowest BCUT2D eigenvalue weighted by molar-refractivity contribution is -0.132. The molecule has 0 aliphatic heterocycles. The maximum Gasteiger partial charge on any atom is 0.249 e. The molecule has 0 bridgehead atoms. The number of nitrogens with one attached hydrogen (secondary N) is 1. The third kappa shape index (κ3) is 38.3. The molecule has 6 heteroatoms. The Bertz CT molecular complexity index is 847. The summed E-state index contributed by atoms with van der Waals surface area (Å²) in [6, 6.07) is -0.999. The molecule has 0 saturated heterocycles.